The van der Waals surface area contributed by atoms with E-state index in [1.807, 2.05) is 0 Å². The van der Waals surface area contributed by atoms with Gasteiger partial charge in [-0.25, -0.2) is 4.79 Å². The normalized spacial score (nSPS) is 10.1. The molecular weight excluding hydrogens is 294 g/mol. The number of benzene rings is 1. The van der Waals surface area contributed by atoms with Gasteiger partial charge in [0.15, 0.2) is 5.75 Å². The lowest BCUT2D eigenvalue weighted by Crippen LogP contribution is -2.08. The summed E-state index contributed by atoms with van der Waals surface area (Å²) in [6.45, 7) is 4.94. The molecule has 0 amide bonds. The molecule has 6 heteroatoms. The average molecular weight is 300 g/mol. The van der Waals surface area contributed by atoms with Gasteiger partial charge in [0.1, 0.15) is 5.02 Å². The number of ether oxygens (including phenoxy) is 1. The van der Waals surface area contributed by atoms with Gasteiger partial charge < -0.3 is 4.74 Å². The minimum absolute atomic E-state index is 0.0330. The maximum Gasteiger partial charge on any atom is 0.338 e. The van der Waals surface area contributed by atoms with Crippen molar-refractivity contribution in [1.29, 1.82) is 0 Å². The number of halogens is 4. The number of hydrogen-bond acceptors (Lipinski definition) is 2. The van der Waals surface area contributed by atoms with E-state index in [-0.39, 0.29) is 31.4 Å². The standard InChI is InChI=1S/C10H6Cl4O2/c1-4(2)10(15)16-6-3-5(11)7(12)9(14)8(6)13/h3H,1H2,2H3. The number of hydrogen-bond donors (Lipinski definition) is 0. The summed E-state index contributed by atoms with van der Waals surface area (Å²) >= 11 is 23.1. The van der Waals surface area contributed by atoms with Gasteiger partial charge in [-0.1, -0.05) is 53.0 Å². The van der Waals surface area contributed by atoms with Crippen LogP contribution in [0.15, 0.2) is 18.2 Å². The third kappa shape index (κ3) is 2.83. The topological polar surface area (TPSA) is 26.3 Å². The van der Waals surface area contributed by atoms with Crippen molar-refractivity contribution < 1.29 is 9.53 Å². The monoisotopic (exact) mass is 298 g/mol. The molecule has 0 spiro atoms. The van der Waals surface area contributed by atoms with Crippen LogP contribution in [-0.2, 0) is 4.79 Å². The molecule has 0 fully saturated rings. The molecule has 86 valence electrons. The summed E-state index contributed by atoms with van der Waals surface area (Å²) < 4.78 is 4.93. The Balaban J connectivity index is 3.16. The van der Waals surface area contributed by atoms with Crippen molar-refractivity contribution in [3.8, 4) is 5.75 Å². The Morgan fingerprint density at radius 3 is 2.25 bits per heavy atom. The second-order valence-electron chi connectivity index (χ2n) is 2.97. The van der Waals surface area contributed by atoms with Crippen LogP contribution in [0.25, 0.3) is 0 Å². The fourth-order valence-corrected chi connectivity index (χ4v) is 1.63. The Bertz CT molecular complexity index is 468. The molecule has 0 aromatic heterocycles. The van der Waals surface area contributed by atoms with Crippen LogP contribution < -0.4 is 4.74 Å². The van der Waals surface area contributed by atoms with E-state index in [1.54, 1.807) is 0 Å². The molecule has 0 heterocycles. The Morgan fingerprint density at radius 1 is 1.19 bits per heavy atom. The van der Waals surface area contributed by atoms with Crippen molar-refractivity contribution in [2.75, 3.05) is 0 Å². The number of rotatable bonds is 2. The number of esters is 1. The van der Waals surface area contributed by atoms with Gasteiger partial charge in [-0.3, -0.25) is 0 Å². The van der Waals surface area contributed by atoms with Crippen LogP contribution in [0, 0.1) is 0 Å². The Kier molecular flexibility index (Phi) is 4.51. The molecule has 0 aliphatic heterocycles. The van der Waals surface area contributed by atoms with Gasteiger partial charge >= 0.3 is 5.97 Å². The fraction of sp³-hybridized carbons (Fsp3) is 0.100. The van der Waals surface area contributed by atoms with Crippen molar-refractivity contribution >= 4 is 52.4 Å². The maximum absolute atomic E-state index is 11.3. The van der Waals surface area contributed by atoms with Crippen LogP contribution >= 0.6 is 46.4 Å². The third-order valence-electron chi connectivity index (χ3n) is 1.62. The van der Waals surface area contributed by atoms with E-state index in [0.29, 0.717) is 0 Å². The minimum atomic E-state index is -0.614. The zero-order chi connectivity index (χ0) is 12.5. The summed E-state index contributed by atoms with van der Waals surface area (Å²) in [7, 11) is 0. The van der Waals surface area contributed by atoms with E-state index in [9.17, 15) is 4.79 Å². The van der Waals surface area contributed by atoms with Crippen molar-refractivity contribution in [3.63, 3.8) is 0 Å². The highest BCUT2D eigenvalue weighted by Gasteiger charge is 2.16. The highest BCUT2D eigenvalue weighted by atomic mass is 35.5. The second-order valence-corrected chi connectivity index (χ2v) is 4.51. The molecule has 0 aliphatic carbocycles. The van der Waals surface area contributed by atoms with Gasteiger partial charge in [-0.2, -0.15) is 0 Å². The summed E-state index contributed by atoms with van der Waals surface area (Å²) in [6.07, 6.45) is 0. The predicted octanol–water partition coefficient (Wildman–Crippen LogP) is 4.78. The Morgan fingerprint density at radius 2 is 1.75 bits per heavy atom. The molecule has 1 aromatic rings. The van der Waals surface area contributed by atoms with Crippen LogP contribution in [0.5, 0.6) is 5.75 Å². The van der Waals surface area contributed by atoms with Gasteiger partial charge in [-0.05, 0) is 6.92 Å². The van der Waals surface area contributed by atoms with Crippen molar-refractivity contribution in [1.82, 2.24) is 0 Å². The van der Waals surface area contributed by atoms with Crippen LogP contribution in [-0.4, -0.2) is 5.97 Å². The highest BCUT2D eigenvalue weighted by molar-refractivity contribution is 6.52. The van der Waals surface area contributed by atoms with E-state index < -0.39 is 5.97 Å². The summed E-state index contributed by atoms with van der Waals surface area (Å²) in [6, 6.07) is 1.32. The second kappa shape index (κ2) is 5.28. The Labute approximate surface area is 113 Å². The van der Waals surface area contributed by atoms with Crippen LogP contribution in [0.4, 0.5) is 0 Å². The molecule has 2 nitrogen and oxygen atoms in total. The first-order valence-electron chi connectivity index (χ1n) is 4.05. The van der Waals surface area contributed by atoms with E-state index in [4.69, 9.17) is 51.1 Å². The van der Waals surface area contributed by atoms with Crippen LogP contribution in [0.2, 0.25) is 20.1 Å². The lowest BCUT2D eigenvalue weighted by atomic mass is 10.3. The van der Waals surface area contributed by atoms with Gasteiger partial charge in [-0.15, -0.1) is 0 Å². The molecule has 1 aromatic carbocycles. The molecule has 0 bridgehead atoms. The summed E-state index contributed by atoms with van der Waals surface area (Å²) in [5, 5.41) is 0.343. The SMILES string of the molecule is C=C(C)C(=O)Oc1cc(Cl)c(Cl)c(Cl)c1Cl. The van der Waals surface area contributed by atoms with Crippen LogP contribution in [0.3, 0.4) is 0 Å². The molecule has 0 radical (unpaired) electrons. The van der Waals surface area contributed by atoms with E-state index in [2.05, 4.69) is 6.58 Å². The third-order valence-corrected chi connectivity index (χ3v) is 3.35. The van der Waals surface area contributed by atoms with Crippen LogP contribution in [0.1, 0.15) is 6.92 Å². The van der Waals surface area contributed by atoms with Crippen molar-refractivity contribution in [2.24, 2.45) is 0 Å². The van der Waals surface area contributed by atoms with Gasteiger partial charge in [0.05, 0.1) is 15.1 Å². The van der Waals surface area contributed by atoms with Crippen molar-refractivity contribution in [3.05, 3.63) is 38.3 Å². The molecule has 0 N–H and O–H groups in total. The summed E-state index contributed by atoms with van der Waals surface area (Å²) in [5.74, 6) is -0.564. The van der Waals surface area contributed by atoms with Crippen molar-refractivity contribution in [2.45, 2.75) is 6.92 Å². The van der Waals surface area contributed by atoms with E-state index in [1.165, 1.54) is 13.0 Å². The van der Waals surface area contributed by atoms with Gasteiger partial charge in [0.25, 0.3) is 0 Å². The molecule has 0 unspecified atom stereocenters. The van der Waals surface area contributed by atoms with E-state index in [0.717, 1.165) is 0 Å². The molecule has 16 heavy (non-hydrogen) atoms. The van der Waals surface area contributed by atoms with E-state index >= 15 is 0 Å². The Hall–Kier alpha value is -0.410. The molecule has 0 saturated carbocycles. The largest absolute Gasteiger partial charge is 0.421 e. The lowest BCUT2D eigenvalue weighted by Gasteiger charge is -2.09. The molecule has 1 rings (SSSR count). The quantitative estimate of drug-likeness (QED) is 0.258. The first-order valence-corrected chi connectivity index (χ1v) is 5.56. The minimum Gasteiger partial charge on any atom is -0.421 e. The zero-order valence-corrected chi connectivity index (χ0v) is 11.1. The van der Waals surface area contributed by atoms with Gasteiger partial charge in [0, 0.05) is 11.6 Å². The molecule has 0 saturated heterocycles. The molecule has 0 atom stereocenters. The summed E-state index contributed by atoms with van der Waals surface area (Å²) in [5.41, 5.74) is 0.235. The first-order chi connectivity index (χ1) is 7.34. The predicted molar refractivity (Wildman–Crippen MR) is 66.9 cm³/mol. The first kappa shape index (κ1) is 13.7. The number of carbonyl (C=O) groups excluding carboxylic acids is 1. The lowest BCUT2D eigenvalue weighted by molar-refractivity contribution is -0.130. The molecular formula is C10H6Cl4O2. The van der Waals surface area contributed by atoms with Gasteiger partial charge in [0.2, 0.25) is 0 Å². The highest BCUT2D eigenvalue weighted by Crippen LogP contribution is 2.42. The summed E-state index contributed by atoms with van der Waals surface area (Å²) in [4.78, 5) is 11.3. The average Bonchev–Trinajstić information content (AvgIpc) is 2.22. The molecule has 0 aliphatic rings. The smallest absolute Gasteiger partial charge is 0.338 e. The fourth-order valence-electron chi connectivity index (χ4n) is 0.812. The maximum atomic E-state index is 11.3. The number of carbonyl (C=O) groups is 1. The zero-order valence-electron chi connectivity index (χ0n) is 8.11.